The van der Waals surface area contributed by atoms with Gasteiger partial charge in [0.15, 0.2) is 0 Å². The summed E-state index contributed by atoms with van der Waals surface area (Å²) in [5.41, 5.74) is 4.55. The third-order valence-electron chi connectivity index (χ3n) is 2.89. The van der Waals surface area contributed by atoms with Gasteiger partial charge in [0, 0.05) is 6.21 Å². The highest BCUT2D eigenvalue weighted by Crippen LogP contribution is 2.34. The largest absolute Gasteiger partial charge is 0.486 e. The van der Waals surface area contributed by atoms with Crippen molar-refractivity contribution in [2.45, 2.75) is 6.92 Å². The second-order valence-corrected chi connectivity index (χ2v) is 4.17. The Labute approximate surface area is 101 Å². The number of ether oxygens (including phenoxy) is 1. The Morgan fingerprint density at radius 1 is 1.00 bits per heavy atom. The van der Waals surface area contributed by atoms with Crippen LogP contribution in [0, 0.1) is 6.92 Å². The van der Waals surface area contributed by atoms with E-state index in [4.69, 9.17) is 4.74 Å². The molecule has 0 N–H and O–H groups in total. The van der Waals surface area contributed by atoms with Crippen molar-refractivity contribution in [2.24, 2.45) is 4.99 Å². The predicted molar refractivity (Wildman–Crippen MR) is 70.3 cm³/mol. The zero-order chi connectivity index (χ0) is 11.7. The van der Waals surface area contributed by atoms with Crippen LogP contribution in [0.5, 0.6) is 5.75 Å². The van der Waals surface area contributed by atoms with Gasteiger partial charge in [0.1, 0.15) is 18.0 Å². The Bertz CT molecular complexity index is 570. The highest BCUT2D eigenvalue weighted by Gasteiger charge is 2.08. The van der Waals surface area contributed by atoms with Gasteiger partial charge in [-0.05, 0) is 30.2 Å². The molecule has 0 amide bonds. The SMILES string of the molecule is Cc1ccc(-c2ccc3c(c2)OCC=N3)cc1. The van der Waals surface area contributed by atoms with E-state index in [-0.39, 0.29) is 0 Å². The van der Waals surface area contributed by atoms with Gasteiger partial charge in [-0.15, -0.1) is 0 Å². The van der Waals surface area contributed by atoms with Crippen molar-refractivity contribution < 1.29 is 4.74 Å². The molecule has 0 radical (unpaired) electrons. The Morgan fingerprint density at radius 2 is 1.76 bits per heavy atom. The highest BCUT2D eigenvalue weighted by atomic mass is 16.5. The molecule has 0 unspecified atom stereocenters. The zero-order valence-electron chi connectivity index (χ0n) is 9.68. The van der Waals surface area contributed by atoms with Gasteiger partial charge in [0.2, 0.25) is 0 Å². The van der Waals surface area contributed by atoms with Crippen molar-refractivity contribution in [2.75, 3.05) is 6.61 Å². The van der Waals surface area contributed by atoms with E-state index in [0.717, 1.165) is 11.4 Å². The third kappa shape index (κ3) is 1.94. The van der Waals surface area contributed by atoms with Gasteiger partial charge in [0.05, 0.1) is 0 Å². The first-order chi connectivity index (χ1) is 8.33. The quantitative estimate of drug-likeness (QED) is 0.721. The molecule has 2 nitrogen and oxygen atoms in total. The molecule has 84 valence electrons. The fourth-order valence-electron chi connectivity index (χ4n) is 1.92. The minimum Gasteiger partial charge on any atom is -0.486 e. The van der Waals surface area contributed by atoms with Crippen LogP contribution < -0.4 is 4.74 Å². The van der Waals surface area contributed by atoms with E-state index in [1.807, 2.05) is 6.07 Å². The molecular weight excluding hydrogens is 210 g/mol. The van der Waals surface area contributed by atoms with Crippen LogP contribution in [0.25, 0.3) is 11.1 Å². The summed E-state index contributed by atoms with van der Waals surface area (Å²) in [5.74, 6) is 0.866. The molecule has 0 fully saturated rings. The Kier molecular flexibility index (Phi) is 2.41. The molecule has 17 heavy (non-hydrogen) atoms. The summed E-state index contributed by atoms with van der Waals surface area (Å²) in [6, 6.07) is 14.6. The van der Waals surface area contributed by atoms with E-state index < -0.39 is 0 Å². The van der Waals surface area contributed by atoms with Crippen LogP contribution >= 0.6 is 0 Å². The zero-order valence-corrected chi connectivity index (χ0v) is 9.68. The first-order valence-corrected chi connectivity index (χ1v) is 5.69. The first kappa shape index (κ1) is 10.1. The number of rotatable bonds is 1. The van der Waals surface area contributed by atoms with Crippen LogP contribution in [-0.4, -0.2) is 12.8 Å². The first-order valence-electron chi connectivity index (χ1n) is 5.69. The monoisotopic (exact) mass is 223 g/mol. The molecule has 0 atom stereocenters. The molecule has 2 aromatic carbocycles. The number of hydrogen-bond donors (Lipinski definition) is 0. The predicted octanol–water partition coefficient (Wildman–Crippen LogP) is 3.76. The second-order valence-electron chi connectivity index (χ2n) is 4.17. The molecule has 0 aliphatic carbocycles. The lowest BCUT2D eigenvalue weighted by molar-refractivity contribution is 0.377. The van der Waals surface area contributed by atoms with Crippen LogP contribution in [0.15, 0.2) is 47.5 Å². The lowest BCUT2D eigenvalue weighted by atomic mass is 10.0. The van der Waals surface area contributed by atoms with Gasteiger partial charge < -0.3 is 4.74 Å². The molecule has 1 aliphatic rings. The minimum atomic E-state index is 0.560. The highest BCUT2D eigenvalue weighted by molar-refractivity contribution is 5.75. The van der Waals surface area contributed by atoms with E-state index in [9.17, 15) is 0 Å². The maximum Gasteiger partial charge on any atom is 0.146 e. The summed E-state index contributed by atoms with van der Waals surface area (Å²) in [4.78, 5) is 4.29. The molecular formula is C15H13NO. The lowest BCUT2D eigenvalue weighted by Crippen LogP contribution is -2.02. The van der Waals surface area contributed by atoms with Gasteiger partial charge in [-0.3, -0.25) is 4.99 Å². The summed E-state index contributed by atoms with van der Waals surface area (Å²) in [5, 5.41) is 0. The smallest absolute Gasteiger partial charge is 0.146 e. The Balaban J connectivity index is 2.04. The van der Waals surface area contributed by atoms with Crippen LogP contribution in [0.2, 0.25) is 0 Å². The fraction of sp³-hybridized carbons (Fsp3) is 0.133. The lowest BCUT2D eigenvalue weighted by Gasteiger charge is -2.13. The van der Waals surface area contributed by atoms with Gasteiger partial charge in [-0.1, -0.05) is 35.9 Å². The van der Waals surface area contributed by atoms with Crippen LogP contribution in [0.3, 0.4) is 0 Å². The summed E-state index contributed by atoms with van der Waals surface area (Å²) in [6.07, 6.45) is 1.79. The standard InChI is InChI=1S/C15H13NO/c1-11-2-4-12(5-3-11)13-6-7-14-15(10-13)17-9-8-16-14/h2-8,10H,9H2,1H3. The van der Waals surface area contributed by atoms with E-state index in [2.05, 4.69) is 48.3 Å². The molecule has 1 aliphatic heterocycles. The van der Waals surface area contributed by atoms with Crippen molar-refractivity contribution in [3.8, 4) is 16.9 Å². The van der Waals surface area contributed by atoms with Gasteiger partial charge >= 0.3 is 0 Å². The summed E-state index contributed by atoms with van der Waals surface area (Å²) in [6.45, 7) is 2.65. The van der Waals surface area contributed by atoms with Crippen LogP contribution in [-0.2, 0) is 0 Å². The Morgan fingerprint density at radius 3 is 2.59 bits per heavy atom. The summed E-state index contributed by atoms with van der Waals surface area (Å²) >= 11 is 0. The van der Waals surface area contributed by atoms with Gasteiger partial charge in [0.25, 0.3) is 0 Å². The second kappa shape index (κ2) is 4.06. The molecule has 0 bridgehead atoms. The number of aryl methyl sites for hydroxylation is 1. The molecule has 0 saturated carbocycles. The molecule has 3 rings (SSSR count). The molecule has 1 heterocycles. The van der Waals surface area contributed by atoms with E-state index in [0.29, 0.717) is 6.61 Å². The summed E-state index contributed by atoms with van der Waals surface area (Å²) in [7, 11) is 0. The molecule has 2 aromatic rings. The number of nitrogens with zero attached hydrogens (tertiary/aromatic N) is 1. The van der Waals surface area contributed by atoms with Crippen molar-refractivity contribution in [1.29, 1.82) is 0 Å². The Hall–Kier alpha value is -2.09. The average molecular weight is 223 g/mol. The van der Waals surface area contributed by atoms with Crippen molar-refractivity contribution >= 4 is 11.9 Å². The number of fused-ring (bicyclic) bond motifs is 1. The molecule has 0 saturated heterocycles. The average Bonchev–Trinajstić information content (AvgIpc) is 2.39. The molecule has 0 aromatic heterocycles. The van der Waals surface area contributed by atoms with Gasteiger partial charge in [-0.25, -0.2) is 0 Å². The topological polar surface area (TPSA) is 21.6 Å². The number of benzene rings is 2. The number of aliphatic imine (C=N–C) groups is 1. The fourth-order valence-corrected chi connectivity index (χ4v) is 1.92. The maximum atomic E-state index is 5.56. The van der Waals surface area contributed by atoms with Crippen molar-refractivity contribution in [3.63, 3.8) is 0 Å². The van der Waals surface area contributed by atoms with Crippen molar-refractivity contribution in [1.82, 2.24) is 0 Å². The van der Waals surface area contributed by atoms with Crippen molar-refractivity contribution in [3.05, 3.63) is 48.0 Å². The minimum absolute atomic E-state index is 0.560. The normalized spacial score (nSPS) is 13.0. The van der Waals surface area contributed by atoms with E-state index in [1.54, 1.807) is 6.21 Å². The van der Waals surface area contributed by atoms with Crippen LogP contribution in [0.1, 0.15) is 5.56 Å². The number of hydrogen-bond acceptors (Lipinski definition) is 2. The summed E-state index contributed by atoms with van der Waals surface area (Å²) < 4.78 is 5.56. The maximum absolute atomic E-state index is 5.56. The van der Waals surface area contributed by atoms with E-state index >= 15 is 0 Å². The third-order valence-corrected chi connectivity index (χ3v) is 2.89. The molecule has 0 spiro atoms. The van der Waals surface area contributed by atoms with Gasteiger partial charge in [-0.2, -0.15) is 0 Å². The van der Waals surface area contributed by atoms with E-state index in [1.165, 1.54) is 16.7 Å². The molecule has 2 heteroatoms. The van der Waals surface area contributed by atoms with Crippen LogP contribution in [0.4, 0.5) is 5.69 Å².